The molecule has 0 aromatic carbocycles. The molecule has 2 aromatic rings. The third-order valence-corrected chi connectivity index (χ3v) is 4.56. The summed E-state index contributed by atoms with van der Waals surface area (Å²) in [5.41, 5.74) is 6.82. The number of nitrogens with one attached hydrogen (secondary N) is 2. The van der Waals surface area contributed by atoms with Crippen LogP contribution in [-0.2, 0) is 23.1 Å². The van der Waals surface area contributed by atoms with Crippen LogP contribution in [0.25, 0.3) is 0 Å². The van der Waals surface area contributed by atoms with Crippen LogP contribution in [0.5, 0.6) is 0 Å². The Morgan fingerprint density at radius 3 is 2.89 bits per heavy atom. The van der Waals surface area contributed by atoms with Crippen LogP contribution in [0.15, 0.2) is 22.5 Å². The summed E-state index contributed by atoms with van der Waals surface area (Å²) in [7, 11) is -3.51. The fourth-order valence-corrected chi connectivity index (χ4v) is 3.06. The lowest BCUT2D eigenvalue weighted by Gasteiger charge is -2.02. The second kappa shape index (κ2) is 5.19. The lowest BCUT2D eigenvalue weighted by molar-refractivity contribution is 0.580. The maximum absolute atomic E-state index is 11.9. The van der Waals surface area contributed by atoms with Gasteiger partial charge in [-0.25, -0.2) is 18.1 Å². The van der Waals surface area contributed by atoms with Crippen LogP contribution >= 0.6 is 11.3 Å². The minimum Gasteiger partial charge on any atom is -0.363 e. The van der Waals surface area contributed by atoms with Crippen molar-refractivity contribution in [2.45, 2.75) is 24.9 Å². The highest BCUT2D eigenvalue weighted by atomic mass is 32.2. The summed E-state index contributed by atoms with van der Waals surface area (Å²) in [5, 5.41) is 2.75. The fourth-order valence-electron chi connectivity index (χ4n) is 1.43. The van der Waals surface area contributed by atoms with Crippen LogP contribution in [0, 0.1) is 6.92 Å². The molecule has 0 bridgehead atoms. The van der Waals surface area contributed by atoms with Gasteiger partial charge in [-0.3, -0.25) is 0 Å². The molecule has 0 saturated heterocycles. The zero-order valence-corrected chi connectivity index (χ0v) is 11.4. The predicted molar refractivity (Wildman–Crippen MR) is 69.6 cm³/mol. The minimum atomic E-state index is -3.51. The quantitative estimate of drug-likeness (QED) is 0.753. The number of aryl methyl sites for hydroxylation is 1. The number of hydrogen-bond acceptors (Lipinski definition) is 5. The highest BCUT2D eigenvalue weighted by molar-refractivity contribution is 7.89. The number of hydrogen-bond donors (Lipinski definition) is 3. The van der Waals surface area contributed by atoms with Gasteiger partial charge in [-0.2, -0.15) is 0 Å². The van der Waals surface area contributed by atoms with E-state index >= 15 is 0 Å². The summed E-state index contributed by atoms with van der Waals surface area (Å²) in [6, 6.07) is 1.52. The monoisotopic (exact) mass is 286 g/mol. The first-order valence-electron chi connectivity index (χ1n) is 5.29. The Balaban J connectivity index is 2.07. The molecule has 0 spiro atoms. The normalized spacial score (nSPS) is 11.9. The molecule has 0 aliphatic carbocycles. The van der Waals surface area contributed by atoms with E-state index < -0.39 is 10.0 Å². The van der Waals surface area contributed by atoms with E-state index in [4.69, 9.17) is 5.73 Å². The van der Waals surface area contributed by atoms with Crippen LogP contribution in [-0.4, -0.2) is 18.4 Å². The van der Waals surface area contributed by atoms with Crippen molar-refractivity contribution >= 4 is 21.4 Å². The summed E-state index contributed by atoms with van der Waals surface area (Å²) in [5.74, 6) is 0. The van der Waals surface area contributed by atoms with Crippen molar-refractivity contribution < 1.29 is 8.42 Å². The summed E-state index contributed by atoms with van der Waals surface area (Å²) >= 11 is 1.49. The number of aromatic amines is 1. The average Bonchev–Trinajstić information content (AvgIpc) is 2.95. The van der Waals surface area contributed by atoms with Gasteiger partial charge in [0.15, 0.2) is 0 Å². The van der Waals surface area contributed by atoms with Crippen molar-refractivity contribution in [1.29, 1.82) is 0 Å². The van der Waals surface area contributed by atoms with Crippen molar-refractivity contribution in [2.75, 3.05) is 0 Å². The van der Waals surface area contributed by atoms with Gasteiger partial charge >= 0.3 is 0 Å². The van der Waals surface area contributed by atoms with E-state index in [0.717, 1.165) is 10.7 Å². The highest BCUT2D eigenvalue weighted by Gasteiger charge is 2.15. The maximum atomic E-state index is 11.9. The van der Waals surface area contributed by atoms with Crippen LogP contribution in [0.4, 0.5) is 0 Å². The van der Waals surface area contributed by atoms with E-state index in [-0.39, 0.29) is 18.0 Å². The molecule has 0 amide bonds. The fraction of sp³-hybridized carbons (Fsp3) is 0.300. The first kappa shape index (κ1) is 13.2. The van der Waals surface area contributed by atoms with E-state index in [2.05, 4.69) is 14.7 Å². The molecule has 6 nitrogen and oxygen atoms in total. The Labute approximate surface area is 109 Å². The maximum Gasteiger partial charge on any atom is 0.242 e. The zero-order chi connectivity index (χ0) is 13.2. The molecule has 4 N–H and O–H groups in total. The summed E-state index contributed by atoms with van der Waals surface area (Å²) in [4.78, 5) is 7.19. The van der Waals surface area contributed by atoms with Crippen molar-refractivity contribution in [3.05, 3.63) is 34.0 Å². The number of H-pyrrole nitrogens is 1. The van der Waals surface area contributed by atoms with Gasteiger partial charge in [0.05, 0.1) is 22.1 Å². The smallest absolute Gasteiger partial charge is 0.242 e. The van der Waals surface area contributed by atoms with Gasteiger partial charge in [-0.1, -0.05) is 0 Å². The Morgan fingerprint density at radius 2 is 2.33 bits per heavy atom. The van der Waals surface area contributed by atoms with E-state index in [1.165, 1.54) is 23.6 Å². The molecular weight excluding hydrogens is 272 g/mol. The molecule has 0 aliphatic heterocycles. The number of sulfonamides is 1. The van der Waals surface area contributed by atoms with E-state index in [1.54, 1.807) is 0 Å². The first-order valence-corrected chi connectivity index (χ1v) is 7.65. The van der Waals surface area contributed by atoms with Gasteiger partial charge in [0.25, 0.3) is 0 Å². The molecule has 2 aromatic heterocycles. The summed E-state index contributed by atoms with van der Waals surface area (Å²) in [6.07, 6.45) is 1.43. The topological polar surface area (TPSA) is 101 Å². The van der Waals surface area contributed by atoms with Crippen LogP contribution in [0.3, 0.4) is 0 Å². The number of nitrogens with zero attached hydrogens (tertiary/aromatic N) is 1. The molecule has 0 aliphatic rings. The van der Waals surface area contributed by atoms with Crippen LogP contribution < -0.4 is 10.5 Å². The molecular formula is C10H14N4O2S2. The van der Waals surface area contributed by atoms with E-state index in [9.17, 15) is 8.42 Å². The number of thiazole rings is 1. The molecule has 0 radical (unpaired) electrons. The van der Waals surface area contributed by atoms with Gasteiger partial charge in [-0.15, -0.1) is 11.3 Å². The Bertz CT molecular complexity index is 630. The zero-order valence-electron chi connectivity index (χ0n) is 9.80. The SMILES string of the molecule is Cc1nc(CNS(=O)(=O)c2c[nH]c(CN)c2)cs1. The van der Waals surface area contributed by atoms with Crippen molar-refractivity contribution in [3.8, 4) is 0 Å². The van der Waals surface area contributed by atoms with Crippen LogP contribution in [0.1, 0.15) is 16.4 Å². The molecule has 2 heterocycles. The number of nitrogens with two attached hydrogens (primary N) is 1. The number of rotatable bonds is 5. The molecule has 8 heteroatoms. The van der Waals surface area contributed by atoms with E-state index in [0.29, 0.717) is 5.69 Å². The van der Waals surface area contributed by atoms with Crippen LogP contribution in [0.2, 0.25) is 0 Å². The highest BCUT2D eigenvalue weighted by Crippen LogP contribution is 2.12. The predicted octanol–water partition coefficient (Wildman–Crippen LogP) is 0.717. The second-order valence-corrected chi connectivity index (χ2v) is 6.58. The molecule has 2 rings (SSSR count). The summed E-state index contributed by atoms with van der Waals surface area (Å²) in [6.45, 7) is 2.35. The largest absolute Gasteiger partial charge is 0.363 e. The lowest BCUT2D eigenvalue weighted by Crippen LogP contribution is -2.23. The molecule has 18 heavy (non-hydrogen) atoms. The molecule has 0 unspecified atom stereocenters. The second-order valence-electron chi connectivity index (χ2n) is 3.75. The lowest BCUT2D eigenvalue weighted by atomic mass is 10.4. The minimum absolute atomic E-state index is 0.190. The van der Waals surface area contributed by atoms with Crippen molar-refractivity contribution in [3.63, 3.8) is 0 Å². The molecule has 98 valence electrons. The van der Waals surface area contributed by atoms with Gasteiger partial charge < -0.3 is 10.7 Å². The standard InChI is InChI=1S/C10H14N4O2S2/c1-7-14-9(6-17-7)4-13-18(15,16)10-2-8(3-11)12-5-10/h2,5-6,12-13H,3-4,11H2,1H3. The molecule has 0 fully saturated rings. The van der Waals surface area contributed by atoms with E-state index in [1.807, 2.05) is 12.3 Å². The van der Waals surface area contributed by atoms with Crippen molar-refractivity contribution in [1.82, 2.24) is 14.7 Å². The first-order chi connectivity index (χ1) is 8.51. The Hall–Kier alpha value is -1.22. The Morgan fingerprint density at radius 1 is 1.56 bits per heavy atom. The Kier molecular flexibility index (Phi) is 3.81. The third-order valence-electron chi connectivity index (χ3n) is 2.36. The molecule has 0 saturated carbocycles. The van der Waals surface area contributed by atoms with Gasteiger partial charge in [0.2, 0.25) is 10.0 Å². The van der Waals surface area contributed by atoms with Gasteiger partial charge in [-0.05, 0) is 13.0 Å². The average molecular weight is 286 g/mol. The molecule has 0 atom stereocenters. The summed E-state index contributed by atoms with van der Waals surface area (Å²) < 4.78 is 26.4. The number of aromatic nitrogens is 2. The van der Waals surface area contributed by atoms with Gasteiger partial charge in [0.1, 0.15) is 0 Å². The van der Waals surface area contributed by atoms with Gasteiger partial charge in [0, 0.05) is 23.8 Å². The van der Waals surface area contributed by atoms with Crippen molar-refractivity contribution in [2.24, 2.45) is 5.73 Å². The third kappa shape index (κ3) is 2.96.